The van der Waals surface area contributed by atoms with Crippen LogP contribution in [0.2, 0.25) is 0 Å². The largest absolute Gasteiger partial charge is 0.379 e. The fourth-order valence-corrected chi connectivity index (χ4v) is 3.29. The van der Waals surface area contributed by atoms with Crippen LogP contribution in [0.1, 0.15) is 51.5 Å². The van der Waals surface area contributed by atoms with Crippen LogP contribution >= 0.6 is 0 Å². The molecule has 1 aromatic rings. The van der Waals surface area contributed by atoms with Crippen LogP contribution in [-0.2, 0) is 16.0 Å². The van der Waals surface area contributed by atoms with Crippen molar-refractivity contribution >= 4 is 5.95 Å². The van der Waals surface area contributed by atoms with Crippen molar-refractivity contribution in [3.63, 3.8) is 0 Å². The molecule has 0 spiro atoms. The number of rotatable bonds is 8. The molecule has 6 nitrogen and oxygen atoms in total. The van der Waals surface area contributed by atoms with Gasteiger partial charge in [-0.15, -0.1) is 10.2 Å². The minimum absolute atomic E-state index is 0.0789. The highest BCUT2D eigenvalue weighted by Gasteiger charge is 2.30. The second kappa shape index (κ2) is 7.18. The molecule has 1 aromatic heterocycles. The van der Waals surface area contributed by atoms with E-state index < -0.39 is 0 Å². The maximum absolute atomic E-state index is 5.86. The van der Waals surface area contributed by atoms with Gasteiger partial charge in [0.15, 0.2) is 5.82 Å². The molecule has 1 saturated heterocycles. The van der Waals surface area contributed by atoms with Gasteiger partial charge in [-0.1, -0.05) is 13.8 Å². The van der Waals surface area contributed by atoms with Crippen LogP contribution in [0.25, 0.3) is 0 Å². The van der Waals surface area contributed by atoms with Gasteiger partial charge in [0.2, 0.25) is 5.95 Å². The van der Waals surface area contributed by atoms with Gasteiger partial charge >= 0.3 is 0 Å². The van der Waals surface area contributed by atoms with Crippen LogP contribution in [0.4, 0.5) is 5.95 Å². The molecule has 0 bridgehead atoms. The summed E-state index contributed by atoms with van der Waals surface area (Å²) < 4.78 is 13.8. The van der Waals surface area contributed by atoms with Crippen LogP contribution in [-0.4, -0.2) is 48.2 Å². The quantitative estimate of drug-likeness (QED) is 0.736. The van der Waals surface area contributed by atoms with E-state index in [4.69, 9.17) is 9.47 Å². The van der Waals surface area contributed by atoms with Gasteiger partial charge in [-0.3, -0.25) is 4.57 Å². The minimum Gasteiger partial charge on any atom is -0.379 e. The lowest BCUT2D eigenvalue weighted by atomic mass is 10.1. The number of ether oxygens (including phenoxy) is 2. The SMILES string of the molecule is COC(Cn1c(C2CCCO2)nnc1N(C)CC1CC1)C(C)C. The Labute approximate surface area is 139 Å². The predicted molar refractivity (Wildman–Crippen MR) is 89.6 cm³/mol. The number of hydrogen-bond donors (Lipinski definition) is 0. The van der Waals surface area contributed by atoms with Gasteiger partial charge in [0.25, 0.3) is 0 Å². The Kier molecular flexibility index (Phi) is 5.21. The maximum Gasteiger partial charge on any atom is 0.227 e. The first-order valence-electron chi connectivity index (χ1n) is 8.88. The maximum atomic E-state index is 5.86. The number of nitrogens with zero attached hydrogens (tertiary/aromatic N) is 4. The molecule has 6 heteroatoms. The van der Waals surface area contributed by atoms with Crippen molar-refractivity contribution in [3.8, 4) is 0 Å². The Morgan fingerprint density at radius 2 is 2.09 bits per heavy atom. The first-order valence-corrected chi connectivity index (χ1v) is 8.88. The van der Waals surface area contributed by atoms with Crippen LogP contribution in [0.3, 0.4) is 0 Å². The molecule has 23 heavy (non-hydrogen) atoms. The van der Waals surface area contributed by atoms with Crippen molar-refractivity contribution < 1.29 is 9.47 Å². The zero-order chi connectivity index (χ0) is 16.4. The van der Waals surface area contributed by atoms with E-state index in [1.54, 1.807) is 7.11 Å². The molecule has 1 aliphatic carbocycles. The van der Waals surface area contributed by atoms with E-state index in [2.05, 4.69) is 40.6 Å². The van der Waals surface area contributed by atoms with Crippen molar-refractivity contribution in [2.75, 3.05) is 32.2 Å². The molecule has 0 radical (unpaired) electrons. The van der Waals surface area contributed by atoms with E-state index in [-0.39, 0.29) is 12.2 Å². The van der Waals surface area contributed by atoms with Crippen LogP contribution in [0, 0.1) is 11.8 Å². The molecular weight excluding hydrogens is 292 g/mol. The number of aromatic nitrogens is 3. The Bertz CT molecular complexity index is 507. The average molecular weight is 322 g/mol. The van der Waals surface area contributed by atoms with Gasteiger partial charge in [0, 0.05) is 27.3 Å². The summed E-state index contributed by atoms with van der Waals surface area (Å²) in [7, 11) is 3.91. The van der Waals surface area contributed by atoms with E-state index >= 15 is 0 Å². The highest BCUT2D eigenvalue weighted by atomic mass is 16.5. The first kappa shape index (κ1) is 16.7. The van der Waals surface area contributed by atoms with E-state index in [1.807, 2.05) is 0 Å². The lowest BCUT2D eigenvalue weighted by molar-refractivity contribution is 0.0463. The molecule has 1 saturated carbocycles. The van der Waals surface area contributed by atoms with E-state index in [0.717, 1.165) is 50.2 Å². The lowest BCUT2D eigenvalue weighted by Crippen LogP contribution is -2.30. The van der Waals surface area contributed by atoms with E-state index in [9.17, 15) is 0 Å². The van der Waals surface area contributed by atoms with Crippen LogP contribution in [0.15, 0.2) is 0 Å². The third-order valence-electron chi connectivity index (χ3n) is 4.96. The molecule has 130 valence electrons. The van der Waals surface area contributed by atoms with Crippen molar-refractivity contribution in [1.82, 2.24) is 14.8 Å². The fraction of sp³-hybridized carbons (Fsp3) is 0.882. The number of methoxy groups -OCH3 is 1. The molecule has 0 aromatic carbocycles. The zero-order valence-corrected chi connectivity index (χ0v) is 14.9. The Balaban J connectivity index is 1.85. The summed E-state index contributed by atoms with van der Waals surface area (Å²) in [6.07, 6.45) is 5.04. The van der Waals surface area contributed by atoms with E-state index in [1.165, 1.54) is 12.8 Å². The minimum atomic E-state index is 0.0789. The van der Waals surface area contributed by atoms with Crippen molar-refractivity contribution in [3.05, 3.63) is 5.82 Å². The molecule has 2 atom stereocenters. The smallest absolute Gasteiger partial charge is 0.227 e. The lowest BCUT2D eigenvalue weighted by Gasteiger charge is -2.25. The first-order chi connectivity index (χ1) is 11.1. The van der Waals surface area contributed by atoms with Crippen molar-refractivity contribution in [2.24, 2.45) is 11.8 Å². The molecule has 0 N–H and O–H groups in total. The highest BCUT2D eigenvalue weighted by Crippen LogP contribution is 2.33. The molecule has 0 amide bonds. The topological polar surface area (TPSA) is 52.4 Å². The third kappa shape index (κ3) is 3.86. The summed E-state index contributed by atoms with van der Waals surface area (Å²) in [5.74, 6) is 3.17. The monoisotopic (exact) mass is 322 g/mol. The molecule has 3 rings (SSSR count). The number of anilines is 1. The summed E-state index contributed by atoms with van der Waals surface area (Å²) in [6.45, 7) is 7.04. The van der Waals surface area contributed by atoms with Crippen molar-refractivity contribution in [1.29, 1.82) is 0 Å². The standard InChI is InChI=1S/C17H30N4O2/c1-12(2)15(22-4)11-21-16(14-6-5-9-23-14)18-19-17(21)20(3)10-13-7-8-13/h12-15H,5-11H2,1-4H3. The number of hydrogen-bond acceptors (Lipinski definition) is 5. The molecule has 2 fully saturated rings. The fourth-order valence-electron chi connectivity index (χ4n) is 3.29. The Morgan fingerprint density at radius 1 is 1.30 bits per heavy atom. The summed E-state index contributed by atoms with van der Waals surface area (Å²) >= 11 is 0. The molecule has 2 heterocycles. The van der Waals surface area contributed by atoms with Crippen LogP contribution < -0.4 is 4.90 Å². The summed E-state index contributed by atoms with van der Waals surface area (Å²) in [4.78, 5) is 2.25. The molecule has 2 aliphatic rings. The van der Waals surface area contributed by atoms with Gasteiger partial charge in [0.1, 0.15) is 6.10 Å². The normalized spacial score (nSPS) is 22.7. The average Bonchev–Trinajstić information content (AvgIpc) is 3.03. The summed E-state index contributed by atoms with van der Waals surface area (Å²) in [5, 5.41) is 8.98. The highest BCUT2D eigenvalue weighted by molar-refractivity contribution is 5.31. The summed E-state index contributed by atoms with van der Waals surface area (Å²) in [6, 6.07) is 0. The van der Waals surface area contributed by atoms with Gasteiger partial charge < -0.3 is 14.4 Å². The molecular formula is C17H30N4O2. The second-order valence-corrected chi connectivity index (χ2v) is 7.31. The van der Waals surface area contributed by atoms with E-state index in [0.29, 0.717) is 5.92 Å². The molecule has 1 aliphatic heterocycles. The molecule has 2 unspecified atom stereocenters. The summed E-state index contributed by atoms with van der Waals surface area (Å²) in [5.41, 5.74) is 0. The third-order valence-corrected chi connectivity index (χ3v) is 4.96. The van der Waals surface area contributed by atoms with Gasteiger partial charge in [0.05, 0.1) is 12.6 Å². The van der Waals surface area contributed by atoms with Gasteiger partial charge in [-0.05, 0) is 37.5 Å². The van der Waals surface area contributed by atoms with Crippen LogP contribution in [0.5, 0.6) is 0 Å². The second-order valence-electron chi connectivity index (χ2n) is 7.31. The zero-order valence-electron chi connectivity index (χ0n) is 14.9. The Hall–Kier alpha value is -1.14. The predicted octanol–water partition coefficient (Wildman–Crippen LogP) is 2.65. The van der Waals surface area contributed by atoms with Crippen molar-refractivity contribution in [2.45, 2.75) is 58.3 Å². The van der Waals surface area contributed by atoms with Gasteiger partial charge in [-0.25, -0.2) is 0 Å². The Morgan fingerprint density at radius 3 is 2.65 bits per heavy atom. The van der Waals surface area contributed by atoms with Gasteiger partial charge in [-0.2, -0.15) is 0 Å².